The van der Waals surface area contributed by atoms with Crippen LogP contribution in [0.1, 0.15) is 41.9 Å². The van der Waals surface area contributed by atoms with Crippen LogP contribution in [-0.2, 0) is 6.42 Å². The van der Waals surface area contributed by atoms with Crippen molar-refractivity contribution < 1.29 is 4.79 Å². The van der Waals surface area contributed by atoms with Gasteiger partial charge >= 0.3 is 0 Å². The van der Waals surface area contributed by atoms with Gasteiger partial charge in [-0.15, -0.1) is 0 Å². The van der Waals surface area contributed by atoms with Gasteiger partial charge in [0.05, 0.1) is 11.2 Å². The molecule has 0 atom stereocenters. The van der Waals surface area contributed by atoms with E-state index in [9.17, 15) is 4.79 Å². The second kappa shape index (κ2) is 6.00. The van der Waals surface area contributed by atoms with Crippen LogP contribution >= 0.6 is 0 Å². The number of hydrogen-bond donors (Lipinski definition) is 0. The highest BCUT2D eigenvalue weighted by Gasteiger charge is 2.35. The van der Waals surface area contributed by atoms with E-state index >= 15 is 0 Å². The third-order valence-corrected chi connectivity index (χ3v) is 5.86. The Morgan fingerprint density at radius 1 is 0.821 bits per heavy atom. The highest BCUT2D eigenvalue weighted by atomic mass is 16.1. The van der Waals surface area contributed by atoms with Crippen LogP contribution in [0.5, 0.6) is 0 Å². The molecule has 5 rings (SSSR count). The summed E-state index contributed by atoms with van der Waals surface area (Å²) in [4.78, 5) is 18.3. The molecule has 1 heterocycles. The number of nitrogens with zero attached hydrogens (tertiary/aromatic N) is 1. The Bertz CT molecular complexity index is 1250. The Labute approximate surface area is 165 Å². The molecule has 0 spiro atoms. The summed E-state index contributed by atoms with van der Waals surface area (Å²) >= 11 is 0. The largest absolute Gasteiger partial charge is 0.294 e. The molecular formula is C26H23NO. The second-order valence-corrected chi connectivity index (χ2v) is 8.80. The zero-order chi connectivity index (χ0) is 19.5. The van der Waals surface area contributed by atoms with Crippen molar-refractivity contribution in [3.63, 3.8) is 0 Å². The minimum Gasteiger partial charge on any atom is -0.294 e. The summed E-state index contributed by atoms with van der Waals surface area (Å²) in [7, 11) is 0. The highest BCUT2D eigenvalue weighted by Crippen LogP contribution is 2.42. The third kappa shape index (κ3) is 2.63. The van der Waals surface area contributed by atoms with E-state index in [1.54, 1.807) is 0 Å². The van der Waals surface area contributed by atoms with Gasteiger partial charge < -0.3 is 0 Å². The fourth-order valence-corrected chi connectivity index (χ4v) is 4.53. The minimum atomic E-state index is -0.0557. The number of Topliss-reactive ketones (excluding diaryl/α,β-unsaturated/α-hetero) is 1. The van der Waals surface area contributed by atoms with Crippen molar-refractivity contribution >= 4 is 27.5 Å². The maximum Gasteiger partial charge on any atom is 0.165 e. The Kier molecular flexibility index (Phi) is 3.67. The first-order chi connectivity index (χ1) is 13.4. The summed E-state index contributed by atoms with van der Waals surface area (Å²) < 4.78 is 0. The first-order valence-corrected chi connectivity index (χ1v) is 9.87. The van der Waals surface area contributed by atoms with Gasteiger partial charge in [-0.3, -0.25) is 9.78 Å². The number of aryl methyl sites for hydroxylation is 1. The third-order valence-electron chi connectivity index (χ3n) is 5.86. The number of aromatic nitrogens is 1. The van der Waals surface area contributed by atoms with Crippen molar-refractivity contribution in [2.75, 3.05) is 0 Å². The zero-order valence-electron chi connectivity index (χ0n) is 16.5. The molecule has 1 aromatic heterocycles. The molecule has 2 heteroatoms. The van der Waals surface area contributed by atoms with E-state index in [-0.39, 0.29) is 11.2 Å². The van der Waals surface area contributed by atoms with E-state index in [4.69, 9.17) is 4.98 Å². The number of carbonyl (C=O) groups is 1. The number of fused-ring (bicyclic) bond motifs is 4. The van der Waals surface area contributed by atoms with Crippen LogP contribution in [0, 0.1) is 12.3 Å². The van der Waals surface area contributed by atoms with E-state index < -0.39 is 0 Å². The lowest BCUT2D eigenvalue weighted by Crippen LogP contribution is -2.28. The number of benzene rings is 3. The van der Waals surface area contributed by atoms with Crippen LogP contribution in [0.25, 0.3) is 32.8 Å². The molecule has 0 bridgehead atoms. The maximum absolute atomic E-state index is 13.2. The van der Waals surface area contributed by atoms with Crippen molar-refractivity contribution in [2.24, 2.45) is 5.41 Å². The second-order valence-electron chi connectivity index (χ2n) is 8.80. The van der Waals surface area contributed by atoms with Crippen LogP contribution in [0.15, 0.2) is 60.7 Å². The van der Waals surface area contributed by atoms with Gasteiger partial charge in [0.1, 0.15) is 0 Å². The molecule has 28 heavy (non-hydrogen) atoms. The average Bonchev–Trinajstić information content (AvgIpc) is 2.66. The molecule has 0 radical (unpaired) electrons. The van der Waals surface area contributed by atoms with Gasteiger partial charge in [0.15, 0.2) is 5.78 Å². The molecule has 0 aliphatic heterocycles. The molecule has 138 valence electrons. The summed E-state index contributed by atoms with van der Waals surface area (Å²) in [5.74, 6) is 0.212. The number of rotatable bonds is 1. The Morgan fingerprint density at radius 2 is 1.57 bits per heavy atom. The zero-order valence-corrected chi connectivity index (χ0v) is 16.5. The summed E-state index contributed by atoms with van der Waals surface area (Å²) in [6, 6.07) is 21.1. The molecule has 0 unspecified atom stereocenters. The van der Waals surface area contributed by atoms with Crippen LogP contribution in [0.3, 0.4) is 0 Å². The van der Waals surface area contributed by atoms with Crippen molar-refractivity contribution in [3.05, 3.63) is 77.5 Å². The van der Waals surface area contributed by atoms with Crippen LogP contribution < -0.4 is 0 Å². The van der Waals surface area contributed by atoms with Crippen molar-refractivity contribution in [1.82, 2.24) is 4.98 Å². The summed E-state index contributed by atoms with van der Waals surface area (Å²) in [6.45, 7) is 6.41. The smallest absolute Gasteiger partial charge is 0.165 e. The molecule has 0 fully saturated rings. The minimum absolute atomic E-state index is 0.0557. The molecule has 0 amide bonds. The molecule has 4 aromatic rings. The monoisotopic (exact) mass is 365 g/mol. The topological polar surface area (TPSA) is 30.0 Å². The van der Waals surface area contributed by atoms with E-state index in [1.165, 1.54) is 10.9 Å². The average molecular weight is 365 g/mol. The Hall–Kier alpha value is -3.00. The van der Waals surface area contributed by atoms with Crippen LogP contribution in [0.4, 0.5) is 0 Å². The number of carbonyl (C=O) groups excluding carboxylic acids is 1. The molecule has 1 aliphatic carbocycles. The molecule has 0 N–H and O–H groups in total. The summed E-state index contributed by atoms with van der Waals surface area (Å²) in [6.07, 6.45) is 1.39. The van der Waals surface area contributed by atoms with Gasteiger partial charge in [-0.25, -0.2) is 0 Å². The van der Waals surface area contributed by atoms with Crippen molar-refractivity contribution in [3.8, 4) is 11.1 Å². The molecule has 0 saturated heterocycles. The molecule has 0 saturated carbocycles. The fourth-order valence-electron chi connectivity index (χ4n) is 4.53. The van der Waals surface area contributed by atoms with Gasteiger partial charge in [0.25, 0.3) is 0 Å². The highest BCUT2D eigenvalue weighted by molar-refractivity contribution is 6.16. The summed E-state index contributed by atoms with van der Waals surface area (Å²) in [5, 5.41) is 3.39. The number of ketones is 1. The SMILES string of the molecule is Cc1ccc(-c2c3c(nc4c2ccc2ccccc24)CC(C)(C)CC3=O)cc1. The van der Waals surface area contributed by atoms with Gasteiger partial charge in [-0.1, -0.05) is 80.1 Å². The van der Waals surface area contributed by atoms with Gasteiger partial charge in [-0.2, -0.15) is 0 Å². The van der Waals surface area contributed by atoms with E-state index in [1.807, 2.05) is 0 Å². The maximum atomic E-state index is 13.2. The quantitative estimate of drug-likeness (QED) is 0.359. The van der Waals surface area contributed by atoms with Crippen LogP contribution in [0.2, 0.25) is 0 Å². The molecular weight excluding hydrogens is 342 g/mol. The lowest BCUT2D eigenvalue weighted by Gasteiger charge is -2.31. The predicted octanol–water partition coefficient (Wildman–Crippen LogP) is 6.52. The van der Waals surface area contributed by atoms with Crippen LogP contribution in [-0.4, -0.2) is 10.8 Å². The molecule has 3 aromatic carbocycles. The van der Waals surface area contributed by atoms with Gasteiger partial charge in [0.2, 0.25) is 0 Å². The first kappa shape index (κ1) is 17.1. The van der Waals surface area contributed by atoms with E-state index in [0.717, 1.165) is 45.1 Å². The number of pyridine rings is 1. The van der Waals surface area contributed by atoms with E-state index in [0.29, 0.717) is 6.42 Å². The summed E-state index contributed by atoms with van der Waals surface area (Å²) in [5.41, 5.74) is 6.07. The van der Waals surface area contributed by atoms with Crippen molar-refractivity contribution in [2.45, 2.75) is 33.6 Å². The lowest BCUT2D eigenvalue weighted by molar-refractivity contribution is 0.0911. The predicted molar refractivity (Wildman–Crippen MR) is 116 cm³/mol. The Morgan fingerprint density at radius 3 is 2.36 bits per heavy atom. The Balaban J connectivity index is 1.95. The molecule has 2 nitrogen and oxygen atoms in total. The first-order valence-electron chi connectivity index (χ1n) is 9.87. The van der Waals surface area contributed by atoms with Gasteiger partial charge in [-0.05, 0) is 29.7 Å². The lowest BCUT2D eigenvalue weighted by atomic mass is 9.73. The number of hydrogen-bond acceptors (Lipinski definition) is 2. The fraction of sp³-hybridized carbons (Fsp3) is 0.231. The normalized spacial score (nSPS) is 15.8. The van der Waals surface area contributed by atoms with Gasteiger partial charge in [0, 0.05) is 28.3 Å². The van der Waals surface area contributed by atoms with Crippen molar-refractivity contribution in [1.29, 1.82) is 0 Å². The molecule has 1 aliphatic rings. The standard InChI is InChI=1S/C26H23NO/c1-16-8-10-18(11-9-16)23-20-13-12-17-6-4-5-7-19(17)25(20)27-21-14-26(2,3)15-22(28)24(21)23/h4-13H,14-15H2,1-3H3. The van der Waals surface area contributed by atoms with E-state index in [2.05, 4.69) is 81.4 Å².